The molecule has 5 heteroatoms. The molecule has 2 rings (SSSR count). The predicted molar refractivity (Wildman–Crippen MR) is 55.5 cm³/mol. The van der Waals surface area contributed by atoms with Gasteiger partial charge >= 0.3 is 0 Å². The molecule has 1 aliphatic heterocycles. The zero-order chi connectivity index (χ0) is 9.80. The van der Waals surface area contributed by atoms with Crippen LogP contribution in [0.25, 0.3) is 0 Å². The van der Waals surface area contributed by atoms with Gasteiger partial charge in [0.15, 0.2) is 5.15 Å². The summed E-state index contributed by atoms with van der Waals surface area (Å²) in [7, 11) is 0. The fourth-order valence-corrected chi connectivity index (χ4v) is 1.80. The second-order valence-corrected chi connectivity index (χ2v) is 3.87. The molecule has 1 aromatic heterocycles. The molecule has 14 heavy (non-hydrogen) atoms. The van der Waals surface area contributed by atoms with Gasteiger partial charge < -0.3 is 4.90 Å². The van der Waals surface area contributed by atoms with E-state index in [1.807, 2.05) is 0 Å². The van der Waals surface area contributed by atoms with Crippen molar-refractivity contribution in [2.45, 2.75) is 25.7 Å². The molecule has 1 saturated heterocycles. The van der Waals surface area contributed by atoms with Gasteiger partial charge in [0.2, 0.25) is 5.95 Å². The summed E-state index contributed by atoms with van der Waals surface area (Å²) in [5.74, 6) is 0.666. The Hall–Kier alpha value is -0.900. The number of aromatic nitrogens is 3. The van der Waals surface area contributed by atoms with Crippen LogP contribution in [0.1, 0.15) is 25.7 Å². The number of hydrogen-bond donors (Lipinski definition) is 0. The summed E-state index contributed by atoms with van der Waals surface area (Å²) in [6, 6.07) is 0. The van der Waals surface area contributed by atoms with Crippen LogP contribution in [0.4, 0.5) is 5.95 Å². The lowest BCUT2D eigenvalue weighted by Crippen LogP contribution is -2.26. The molecule has 0 aromatic carbocycles. The van der Waals surface area contributed by atoms with Crippen molar-refractivity contribution in [2.24, 2.45) is 0 Å². The van der Waals surface area contributed by atoms with Crippen LogP contribution in [0.15, 0.2) is 6.20 Å². The Morgan fingerprint density at radius 2 is 1.86 bits per heavy atom. The van der Waals surface area contributed by atoms with E-state index in [1.165, 1.54) is 31.9 Å². The van der Waals surface area contributed by atoms with Crippen molar-refractivity contribution >= 4 is 17.5 Å². The molecule has 0 aliphatic carbocycles. The molecule has 0 radical (unpaired) electrons. The Labute approximate surface area is 88.3 Å². The van der Waals surface area contributed by atoms with Gasteiger partial charge in [-0.2, -0.15) is 10.1 Å². The molecular formula is C9H13ClN4. The van der Waals surface area contributed by atoms with E-state index in [1.54, 1.807) is 0 Å². The van der Waals surface area contributed by atoms with E-state index in [4.69, 9.17) is 11.6 Å². The molecule has 1 aliphatic rings. The highest BCUT2D eigenvalue weighted by Crippen LogP contribution is 2.15. The summed E-state index contributed by atoms with van der Waals surface area (Å²) in [4.78, 5) is 6.31. The fourth-order valence-electron chi connectivity index (χ4n) is 1.68. The van der Waals surface area contributed by atoms with Crippen LogP contribution < -0.4 is 4.90 Å². The highest BCUT2D eigenvalue weighted by Gasteiger charge is 2.12. The molecule has 0 spiro atoms. The molecule has 4 nitrogen and oxygen atoms in total. The smallest absolute Gasteiger partial charge is 0.246 e. The summed E-state index contributed by atoms with van der Waals surface area (Å²) in [5.41, 5.74) is 0. The first-order valence-electron chi connectivity index (χ1n) is 4.96. The molecule has 0 saturated carbocycles. The minimum atomic E-state index is 0.416. The van der Waals surface area contributed by atoms with Crippen molar-refractivity contribution in [2.75, 3.05) is 18.0 Å². The predicted octanol–water partition coefficient (Wildman–Crippen LogP) is 1.91. The van der Waals surface area contributed by atoms with Gasteiger partial charge in [-0.05, 0) is 12.8 Å². The van der Waals surface area contributed by atoms with Crippen LogP contribution in [0.5, 0.6) is 0 Å². The van der Waals surface area contributed by atoms with Gasteiger partial charge in [0.05, 0.1) is 6.20 Å². The second-order valence-electron chi connectivity index (χ2n) is 3.48. The van der Waals surface area contributed by atoms with Crippen molar-refractivity contribution < 1.29 is 0 Å². The van der Waals surface area contributed by atoms with E-state index in [0.29, 0.717) is 11.1 Å². The van der Waals surface area contributed by atoms with Gasteiger partial charge in [0.1, 0.15) is 0 Å². The van der Waals surface area contributed by atoms with E-state index in [2.05, 4.69) is 20.1 Å². The standard InChI is InChI=1S/C9H13ClN4/c10-8-7-11-13-9(12-8)14-5-3-1-2-4-6-14/h7H,1-6H2. The van der Waals surface area contributed by atoms with Gasteiger partial charge in [0.25, 0.3) is 0 Å². The first-order valence-corrected chi connectivity index (χ1v) is 5.34. The van der Waals surface area contributed by atoms with Crippen molar-refractivity contribution in [3.63, 3.8) is 0 Å². The summed E-state index contributed by atoms with van der Waals surface area (Å²) < 4.78 is 0. The van der Waals surface area contributed by atoms with Gasteiger partial charge in [-0.1, -0.05) is 24.4 Å². The van der Waals surface area contributed by atoms with E-state index in [9.17, 15) is 0 Å². The van der Waals surface area contributed by atoms with Gasteiger partial charge in [-0.25, -0.2) is 0 Å². The Morgan fingerprint density at radius 1 is 1.14 bits per heavy atom. The SMILES string of the molecule is Clc1cnnc(N2CCCCCC2)n1. The Bertz CT molecular complexity index is 297. The molecule has 0 N–H and O–H groups in total. The number of rotatable bonds is 1. The van der Waals surface area contributed by atoms with Crippen molar-refractivity contribution in [1.82, 2.24) is 15.2 Å². The third-order valence-electron chi connectivity index (χ3n) is 2.41. The van der Waals surface area contributed by atoms with Crippen molar-refractivity contribution in [3.8, 4) is 0 Å². The Kier molecular flexibility index (Phi) is 3.14. The largest absolute Gasteiger partial charge is 0.339 e. The average molecular weight is 213 g/mol. The lowest BCUT2D eigenvalue weighted by Gasteiger charge is -2.18. The molecule has 0 bridgehead atoms. The third kappa shape index (κ3) is 2.32. The first-order chi connectivity index (χ1) is 6.86. The molecule has 76 valence electrons. The first kappa shape index (κ1) is 9.65. The number of halogens is 1. The molecule has 2 heterocycles. The third-order valence-corrected chi connectivity index (χ3v) is 2.59. The maximum Gasteiger partial charge on any atom is 0.246 e. The molecule has 0 amide bonds. The van der Waals surface area contributed by atoms with Crippen LogP contribution in [-0.2, 0) is 0 Å². The molecule has 1 fully saturated rings. The maximum atomic E-state index is 5.76. The Balaban J connectivity index is 2.12. The number of hydrogen-bond acceptors (Lipinski definition) is 4. The number of anilines is 1. The Morgan fingerprint density at radius 3 is 2.50 bits per heavy atom. The van der Waals surface area contributed by atoms with E-state index < -0.39 is 0 Å². The number of nitrogens with zero attached hydrogens (tertiary/aromatic N) is 4. The van der Waals surface area contributed by atoms with E-state index in [0.717, 1.165) is 13.1 Å². The van der Waals surface area contributed by atoms with Gasteiger partial charge in [0, 0.05) is 13.1 Å². The molecular weight excluding hydrogens is 200 g/mol. The van der Waals surface area contributed by atoms with Crippen LogP contribution in [0, 0.1) is 0 Å². The average Bonchev–Trinajstić information content (AvgIpc) is 2.45. The topological polar surface area (TPSA) is 41.9 Å². The van der Waals surface area contributed by atoms with Gasteiger partial charge in [-0.3, -0.25) is 0 Å². The van der Waals surface area contributed by atoms with Crippen molar-refractivity contribution in [3.05, 3.63) is 11.3 Å². The van der Waals surface area contributed by atoms with Crippen LogP contribution in [-0.4, -0.2) is 28.3 Å². The highest BCUT2D eigenvalue weighted by atomic mass is 35.5. The lowest BCUT2D eigenvalue weighted by molar-refractivity contribution is 0.726. The maximum absolute atomic E-state index is 5.76. The zero-order valence-corrected chi connectivity index (χ0v) is 8.74. The van der Waals surface area contributed by atoms with Gasteiger partial charge in [-0.15, -0.1) is 5.10 Å². The molecule has 0 unspecified atom stereocenters. The molecule has 0 atom stereocenters. The summed E-state index contributed by atoms with van der Waals surface area (Å²) in [6.07, 6.45) is 6.46. The van der Waals surface area contributed by atoms with Crippen molar-refractivity contribution in [1.29, 1.82) is 0 Å². The van der Waals surface area contributed by atoms with E-state index in [-0.39, 0.29) is 0 Å². The summed E-state index contributed by atoms with van der Waals surface area (Å²) in [5, 5.41) is 8.21. The fraction of sp³-hybridized carbons (Fsp3) is 0.667. The summed E-state index contributed by atoms with van der Waals surface area (Å²) in [6.45, 7) is 2.03. The lowest BCUT2D eigenvalue weighted by atomic mass is 10.2. The minimum absolute atomic E-state index is 0.416. The molecule has 1 aromatic rings. The second kappa shape index (κ2) is 4.55. The van der Waals surface area contributed by atoms with Crippen LogP contribution in [0.3, 0.4) is 0 Å². The van der Waals surface area contributed by atoms with Crippen LogP contribution >= 0.6 is 11.6 Å². The zero-order valence-electron chi connectivity index (χ0n) is 7.99. The quantitative estimate of drug-likeness (QED) is 0.713. The van der Waals surface area contributed by atoms with E-state index >= 15 is 0 Å². The van der Waals surface area contributed by atoms with Crippen LogP contribution in [0.2, 0.25) is 5.15 Å². The normalized spacial score (nSPS) is 17.9. The summed E-state index contributed by atoms with van der Waals surface area (Å²) >= 11 is 5.76. The monoisotopic (exact) mass is 212 g/mol. The highest BCUT2D eigenvalue weighted by molar-refractivity contribution is 6.29. The minimum Gasteiger partial charge on any atom is -0.339 e.